The van der Waals surface area contributed by atoms with E-state index in [0.29, 0.717) is 6.54 Å². The zero-order chi connectivity index (χ0) is 11.3. The van der Waals surface area contributed by atoms with Crippen LogP contribution in [0.1, 0.15) is 19.2 Å². The van der Waals surface area contributed by atoms with Crippen LogP contribution < -0.4 is 0 Å². The molecule has 0 spiro atoms. The highest BCUT2D eigenvalue weighted by molar-refractivity contribution is 5.69. The van der Waals surface area contributed by atoms with E-state index in [1.54, 1.807) is 10.9 Å². The number of carboxylic acid groups (broad SMARTS) is 1. The topological polar surface area (TPSA) is 71.2 Å². The molecule has 0 aliphatic rings. The Balaban J connectivity index is 2.58. The van der Waals surface area contributed by atoms with Gasteiger partial charge in [0.1, 0.15) is 12.2 Å². The van der Waals surface area contributed by atoms with Gasteiger partial charge in [-0.1, -0.05) is 6.92 Å². The van der Waals surface area contributed by atoms with Gasteiger partial charge in [-0.15, -0.1) is 10.2 Å². The summed E-state index contributed by atoms with van der Waals surface area (Å²) < 4.78 is 1.80. The van der Waals surface area contributed by atoms with Gasteiger partial charge in [-0.05, 0) is 13.0 Å². The molecule has 0 amide bonds. The van der Waals surface area contributed by atoms with Crippen molar-refractivity contribution in [2.75, 3.05) is 13.1 Å². The molecule has 1 rings (SSSR count). The molecular weight excluding hydrogens is 196 g/mol. The highest BCUT2D eigenvalue weighted by Crippen LogP contribution is 2.00. The van der Waals surface area contributed by atoms with Crippen LogP contribution in [0.3, 0.4) is 0 Å². The van der Waals surface area contributed by atoms with Gasteiger partial charge in [0.2, 0.25) is 0 Å². The second-order valence-electron chi connectivity index (χ2n) is 3.46. The molecule has 1 aromatic rings. The van der Waals surface area contributed by atoms with Gasteiger partial charge in [0.25, 0.3) is 0 Å². The second-order valence-corrected chi connectivity index (χ2v) is 3.46. The summed E-state index contributed by atoms with van der Waals surface area (Å²) >= 11 is 0. The fraction of sp³-hybridized carbons (Fsp3) is 0.667. The van der Waals surface area contributed by atoms with E-state index < -0.39 is 5.97 Å². The molecule has 0 aromatic carbocycles. The zero-order valence-electron chi connectivity index (χ0n) is 9.05. The van der Waals surface area contributed by atoms with Crippen LogP contribution >= 0.6 is 0 Å². The summed E-state index contributed by atoms with van der Waals surface area (Å²) in [6.45, 7) is 3.34. The van der Waals surface area contributed by atoms with Gasteiger partial charge in [-0.3, -0.25) is 9.69 Å². The number of hydrogen-bond donors (Lipinski definition) is 1. The van der Waals surface area contributed by atoms with E-state index in [9.17, 15) is 4.79 Å². The number of carboxylic acids is 1. The molecule has 0 bridgehead atoms. The van der Waals surface area contributed by atoms with E-state index in [1.165, 1.54) is 0 Å². The van der Waals surface area contributed by atoms with Crippen LogP contribution in [0.4, 0.5) is 0 Å². The molecule has 6 heteroatoms. The van der Waals surface area contributed by atoms with Crippen molar-refractivity contribution in [3.8, 4) is 0 Å². The molecular formula is C9H16N4O2. The molecule has 6 nitrogen and oxygen atoms in total. The van der Waals surface area contributed by atoms with Gasteiger partial charge in [-0.2, -0.15) is 0 Å². The van der Waals surface area contributed by atoms with E-state index in [4.69, 9.17) is 5.11 Å². The van der Waals surface area contributed by atoms with E-state index in [0.717, 1.165) is 18.8 Å². The maximum atomic E-state index is 10.6. The molecule has 0 atom stereocenters. The standard InChI is InChI=1S/C9H16N4O2/c1-3-4-13(6-9(14)15)5-8-11-10-7-12(8)2/h7H,3-6H2,1-2H3,(H,14,15). The van der Waals surface area contributed by atoms with E-state index in [2.05, 4.69) is 10.2 Å². The van der Waals surface area contributed by atoms with E-state index in [1.807, 2.05) is 18.9 Å². The molecule has 0 unspecified atom stereocenters. The summed E-state index contributed by atoms with van der Waals surface area (Å²) in [5.41, 5.74) is 0. The lowest BCUT2D eigenvalue weighted by Gasteiger charge is -2.18. The van der Waals surface area contributed by atoms with Crippen molar-refractivity contribution in [1.29, 1.82) is 0 Å². The molecule has 1 heterocycles. The number of carbonyl (C=O) groups is 1. The number of aliphatic carboxylic acids is 1. The van der Waals surface area contributed by atoms with Crippen molar-refractivity contribution in [3.05, 3.63) is 12.2 Å². The first kappa shape index (κ1) is 11.6. The number of hydrogen-bond acceptors (Lipinski definition) is 4. The van der Waals surface area contributed by atoms with Gasteiger partial charge < -0.3 is 9.67 Å². The largest absolute Gasteiger partial charge is 0.480 e. The Bertz CT molecular complexity index is 324. The molecule has 15 heavy (non-hydrogen) atoms. The van der Waals surface area contributed by atoms with Crippen molar-refractivity contribution in [2.24, 2.45) is 7.05 Å². The molecule has 0 aliphatic heterocycles. The fourth-order valence-corrected chi connectivity index (χ4v) is 1.37. The van der Waals surface area contributed by atoms with Gasteiger partial charge in [0.05, 0.1) is 13.1 Å². The lowest BCUT2D eigenvalue weighted by molar-refractivity contribution is -0.138. The highest BCUT2D eigenvalue weighted by atomic mass is 16.4. The Morgan fingerprint density at radius 1 is 1.67 bits per heavy atom. The number of aromatic nitrogens is 3. The van der Waals surface area contributed by atoms with Gasteiger partial charge in [0.15, 0.2) is 0 Å². The Labute approximate surface area is 88.5 Å². The summed E-state index contributed by atoms with van der Waals surface area (Å²) in [5, 5.41) is 16.4. The number of aryl methyl sites for hydroxylation is 1. The summed E-state index contributed by atoms with van der Waals surface area (Å²) in [6, 6.07) is 0. The van der Waals surface area contributed by atoms with Gasteiger partial charge >= 0.3 is 5.97 Å². The first-order valence-electron chi connectivity index (χ1n) is 4.90. The smallest absolute Gasteiger partial charge is 0.317 e. The highest BCUT2D eigenvalue weighted by Gasteiger charge is 2.11. The summed E-state index contributed by atoms with van der Waals surface area (Å²) in [4.78, 5) is 12.5. The fourth-order valence-electron chi connectivity index (χ4n) is 1.37. The summed E-state index contributed by atoms with van der Waals surface area (Å²) in [7, 11) is 1.85. The predicted octanol–water partition coefficient (Wildman–Crippen LogP) is 0.112. The third kappa shape index (κ3) is 3.67. The van der Waals surface area contributed by atoms with Crippen LogP contribution in [0.5, 0.6) is 0 Å². The summed E-state index contributed by atoms with van der Waals surface area (Å²) in [6.07, 6.45) is 2.53. The van der Waals surface area contributed by atoms with Crippen molar-refractivity contribution in [1.82, 2.24) is 19.7 Å². The van der Waals surface area contributed by atoms with Crippen LogP contribution in [0, 0.1) is 0 Å². The number of rotatable bonds is 6. The molecule has 0 radical (unpaired) electrons. The quantitative estimate of drug-likeness (QED) is 0.724. The Hall–Kier alpha value is -1.43. The lowest BCUT2D eigenvalue weighted by Crippen LogP contribution is -2.31. The molecule has 0 fully saturated rings. The van der Waals surface area contributed by atoms with Crippen molar-refractivity contribution < 1.29 is 9.90 Å². The molecule has 1 N–H and O–H groups in total. The van der Waals surface area contributed by atoms with Crippen LogP contribution in [-0.4, -0.2) is 43.8 Å². The average molecular weight is 212 g/mol. The van der Waals surface area contributed by atoms with Crippen molar-refractivity contribution >= 4 is 5.97 Å². The number of nitrogens with zero attached hydrogens (tertiary/aromatic N) is 4. The SMILES string of the molecule is CCCN(CC(=O)O)Cc1nncn1C. The minimum atomic E-state index is -0.814. The molecule has 0 saturated carbocycles. The molecule has 84 valence electrons. The predicted molar refractivity (Wildman–Crippen MR) is 54.2 cm³/mol. The first-order chi connectivity index (χ1) is 7.13. The summed E-state index contributed by atoms with van der Waals surface area (Å²) in [5.74, 6) is -0.0321. The van der Waals surface area contributed by atoms with Crippen LogP contribution in [0.2, 0.25) is 0 Å². The van der Waals surface area contributed by atoms with Gasteiger partial charge in [0, 0.05) is 7.05 Å². The lowest BCUT2D eigenvalue weighted by atomic mass is 10.4. The Morgan fingerprint density at radius 3 is 2.87 bits per heavy atom. The minimum Gasteiger partial charge on any atom is -0.480 e. The maximum Gasteiger partial charge on any atom is 0.317 e. The van der Waals surface area contributed by atoms with E-state index in [-0.39, 0.29) is 6.54 Å². The minimum absolute atomic E-state index is 0.0424. The average Bonchev–Trinajstić information content (AvgIpc) is 2.51. The molecule has 0 aliphatic carbocycles. The first-order valence-corrected chi connectivity index (χ1v) is 4.90. The molecule has 0 saturated heterocycles. The van der Waals surface area contributed by atoms with Crippen molar-refractivity contribution in [2.45, 2.75) is 19.9 Å². The Kier molecular flexibility index (Phi) is 4.23. The Morgan fingerprint density at radius 2 is 2.40 bits per heavy atom. The van der Waals surface area contributed by atoms with Crippen LogP contribution in [0.25, 0.3) is 0 Å². The third-order valence-corrected chi connectivity index (χ3v) is 2.07. The third-order valence-electron chi connectivity index (χ3n) is 2.07. The van der Waals surface area contributed by atoms with E-state index >= 15 is 0 Å². The zero-order valence-corrected chi connectivity index (χ0v) is 9.05. The van der Waals surface area contributed by atoms with Crippen LogP contribution in [-0.2, 0) is 18.4 Å². The maximum absolute atomic E-state index is 10.6. The monoisotopic (exact) mass is 212 g/mol. The second kappa shape index (κ2) is 5.45. The van der Waals surface area contributed by atoms with Crippen LogP contribution in [0.15, 0.2) is 6.33 Å². The molecule has 1 aromatic heterocycles. The normalized spacial score (nSPS) is 10.9. The van der Waals surface area contributed by atoms with Gasteiger partial charge in [-0.25, -0.2) is 0 Å². The van der Waals surface area contributed by atoms with Crippen molar-refractivity contribution in [3.63, 3.8) is 0 Å².